The summed E-state index contributed by atoms with van der Waals surface area (Å²) in [6.45, 7) is 2.62. The molecule has 1 saturated carbocycles. The standard InChI is InChI=1S/C20H41NO.BrH/c1-4-5-6-7-8-9-10-11-14-19-15-12-13-16-20(19,17-18-22)21(2)3;/h19,22H,4-18H2,1-3H3;1H. The van der Waals surface area contributed by atoms with E-state index in [0.29, 0.717) is 6.61 Å². The lowest BCUT2D eigenvalue weighted by molar-refractivity contribution is 0.00949. The van der Waals surface area contributed by atoms with Crippen molar-refractivity contribution in [1.82, 2.24) is 4.90 Å². The molecular formula is C20H42BrNO. The first-order chi connectivity index (χ1) is 10.7. The van der Waals surface area contributed by atoms with Gasteiger partial charge in [0.25, 0.3) is 0 Å². The Morgan fingerprint density at radius 3 is 2.13 bits per heavy atom. The molecule has 0 spiro atoms. The number of rotatable bonds is 12. The Kier molecular flexibility index (Phi) is 13.9. The molecule has 1 fully saturated rings. The third kappa shape index (κ3) is 7.88. The van der Waals surface area contributed by atoms with Crippen LogP contribution in [0.2, 0.25) is 0 Å². The van der Waals surface area contributed by atoms with Crippen molar-refractivity contribution in [3.8, 4) is 0 Å². The van der Waals surface area contributed by atoms with Gasteiger partial charge in [0.05, 0.1) is 0 Å². The molecule has 3 heteroatoms. The maximum Gasteiger partial charge on any atom is 0.0448 e. The highest BCUT2D eigenvalue weighted by Crippen LogP contribution is 2.42. The smallest absolute Gasteiger partial charge is 0.0448 e. The van der Waals surface area contributed by atoms with Crippen molar-refractivity contribution >= 4 is 17.0 Å². The second-order valence-corrected chi connectivity index (χ2v) is 7.68. The van der Waals surface area contributed by atoms with E-state index < -0.39 is 0 Å². The molecule has 0 aromatic heterocycles. The highest BCUT2D eigenvalue weighted by Gasteiger charge is 2.41. The minimum atomic E-state index is 0. The van der Waals surface area contributed by atoms with Gasteiger partial charge in [-0.15, -0.1) is 17.0 Å². The molecule has 23 heavy (non-hydrogen) atoms. The van der Waals surface area contributed by atoms with Gasteiger partial charge in [0, 0.05) is 12.1 Å². The summed E-state index contributed by atoms with van der Waals surface area (Å²) in [6, 6.07) is 0. The van der Waals surface area contributed by atoms with Gasteiger partial charge in [-0.05, 0) is 45.7 Å². The molecule has 2 atom stereocenters. The van der Waals surface area contributed by atoms with Crippen LogP contribution < -0.4 is 0 Å². The topological polar surface area (TPSA) is 23.5 Å². The Bertz CT molecular complexity index is 268. The quantitative estimate of drug-likeness (QED) is 0.414. The van der Waals surface area contributed by atoms with Crippen LogP contribution in [0.25, 0.3) is 0 Å². The molecule has 1 N–H and O–H groups in total. The summed E-state index contributed by atoms with van der Waals surface area (Å²) in [7, 11) is 4.45. The van der Waals surface area contributed by atoms with Gasteiger partial charge in [-0.1, -0.05) is 71.1 Å². The van der Waals surface area contributed by atoms with Gasteiger partial charge in [0.1, 0.15) is 0 Å². The van der Waals surface area contributed by atoms with E-state index in [-0.39, 0.29) is 22.5 Å². The Morgan fingerprint density at radius 2 is 1.57 bits per heavy atom. The van der Waals surface area contributed by atoms with Gasteiger partial charge in [-0.25, -0.2) is 0 Å². The normalized spacial score (nSPS) is 24.7. The summed E-state index contributed by atoms with van der Waals surface area (Å²) < 4.78 is 0. The van der Waals surface area contributed by atoms with Crippen molar-refractivity contribution in [3.63, 3.8) is 0 Å². The van der Waals surface area contributed by atoms with Crippen molar-refractivity contribution in [2.45, 2.75) is 102 Å². The van der Waals surface area contributed by atoms with E-state index in [1.807, 2.05) is 0 Å². The summed E-state index contributed by atoms with van der Waals surface area (Å²) in [5.41, 5.74) is 0.272. The van der Waals surface area contributed by atoms with E-state index in [1.165, 1.54) is 83.5 Å². The molecule has 0 radical (unpaired) electrons. The zero-order chi connectivity index (χ0) is 16.3. The lowest BCUT2D eigenvalue weighted by Gasteiger charge is -2.49. The highest BCUT2D eigenvalue weighted by atomic mass is 79.9. The van der Waals surface area contributed by atoms with Crippen molar-refractivity contribution in [3.05, 3.63) is 0 Å². The molecule has 0 aliphatic heterocycles. The summed E-state index contributed by atoms with van der Waals surface area (Å²) in [5.74, 6) is 0.795. The number of hydrogen-bond donors (Lipinski definition) is 1. The molecule has 2 unspecified atom stereocenters. The molecular weight excluding hydrogens is 350 g/mol. The van der Waals surface area contributed by atoms with Crippen LogP contribution in [0.5, 0.6) is 0 Å². The van der Waals surface area contributed by atoms with Crippen LogP contribution in [0, 0.1) is 5.92 Å². The molecule has 0 saturated heterocycles. The summed E-state index contributed by atoms with van der Waals surface area (Å²) >= 11 is 0. The second kappa shape index (κ2) is 13.7. The molecule has 0 aromatic carbocycles. The number of halogens is 1. The molecule has 0 amide bonds. The monoisotopic (exact) mass is 391 g/mol. The van der Waals surface area contributed by atoms with Crippen LogP contribution in [-0.4, -0.2) is 36.2 Å². The maximum absolute atomic E-state index is 9.54. The van der Waals surface area contributed by atoms with Gasteiger partial charge < -0.3 is 10.0 Å². The minimum absolute atomic E-state index is 0. The van der Waals surface area contributed by atoms with Crippen molar-refractivity contribution in [2.75, 3.05) is 20.7 Å². The van der Waals surface area contributed by atoms with Crippen molar-refractivity contribution in [1.29, 1.82) is 0 Å². The van der Waals surface area contributed by atoms with Gasteiger partial charge in [-0.3, -0.25) is 0 Å². The zero-order valence-corrected chi connectivity index (χ0v) is 17.7. The fourth-order valence-electron chi connectivity index (χ4n) is 4.57. The first-order valence-electron chi connectivity index (χ1n) is 9.95. The van der Waals surface area contributed by atoms with Gasteiger partial charge in [0.2, 0.25) is 0 Å². The van der Waals surface area contributed by atoms with Gasteiger partial charge in [0.15, 0.2) is 0 Å². The van der Waals surface area contributed by atoms with E-state index in [0.717, 1.165) is 12.3 Å². The SMILES string of the molecule is Br.CCCCCCCCCCC1CCCCC1(CCO)N(C)C. The highest BCUT2D eigenvalue weighted by molar-refractivity contribution is 8.93. The van der Waals surface area contributed by atoms with E-state index in [4.69, 9.17) is 0 Å². The molecule has 1 aliphatic carbocycles. The molecule has 0 bridgehead atoms. The molecule has 2 nitrogen and oxygen atoms in total. The van der Waals surface area contributed by atoms with Crippen LogP contribution in [0.1, 0.15) is 96.8 Å². The summed E-state index contributed by atoms with van der Waals surface area (Å²) in [6.07, 6.45) is 19.0. The lowest BCUT2D eigenvalue weighted by atomic mass is 9.68. The molecule has 140 valence electrons. The van der Waals surface area contributed by atoms with E-state index in [9.17, 15) is 5.11 Å². The molecule has 1 aliphatic rings. The third-order valence-electron chi connectivity index (χ3n) is 6.01. The predicted octanol–water partition coefficient (Wildman–Crippen LogP) is 5.97. The first-order valence-corrected chi connectivity index (χ1v) is 9.95. The lowest BCUT2D eigenvalue weighted by Crippen LogP contribution is -2.52. The fourth-order valence-corrected chi connectivity index (χ4v) is 4.57. The average Bonchev–Trinajstić information content (AvgIpc) is 2.51. The largest absolute Gasteiger partial charge is 0.396 e. The van der Waals surface area contributed by atoms with E-state index in [2.05, 4.69) is 25.9 Å². The number of aliphatic hydroxyl groups is 1. The molecule has 0 heterocycles. The molecule has 0 aromatic rings. The summed E-state index contributed by atoms with van der Waals surface area (Å²) in [5, 5.41) is 9.54. The minimum Gasteiger partial charge on any atom is -0.396 e. The van der Waals surface area contributed by atoms with E-state index in [1.54, 1.807) is 0 Å². The van der Waals surface area contributed by atoms with Crippen LogP contribution >= 0.6 is 17.0 Å². The average molecular weight is 392 g/mol. The van der Waals surface area contributed by atoms with Crippen LogP contribution in [0.15, 0.2) is 0 Å². The van der Waals surface area contributed by atoms with Gasteiger partial charge >= 0.3 is 0 Å². The maximum atomic E-state index is 9.54. The number of nitrogens with zero attached hydrogens (tertiary/aromatic N) is 1. The van der Waals surface area contributed by atoms with Gasteiger partial charge in [-0.2, -0.15) is 0 Å². The van der Waals surface area contributed by atoms with Crippen molar-refractivity contribution < 1.29 is 5.11 Å². The first kappa shape index (κ1) is 23.4. The summed E-state index contributed by atoms with van der Waals surface area (Å²) in [4.78, 5) is 2.43. The Labute approximate surface area is 156 Å². The molecule has 1 rings (SSSR count). The Balaban J connectivity index is 0.00000484. The van der Waals surface area contributed by atoms with Crippen LogP contribution in [0.3, 0.4) is 0 Å². The second-order valence-electron chi connectivity index (χ2n) is 7.68. The number of hydrogen-bond acceptors (Lipinski definition) is 2. The van der Waals surface area contributed by atoms with Crippen LogP contribution in [0.4, 0.5) is 0 Å². The number of unbranched alkanes of at least 4 members (excludes halogenated alkanes) is 7. The predicted molar refractivity (Wildman–Crippen MR) is 108 cm³/mol. The third-order valence-corrected chi connectivity index (χ3v) is 6.01. The fraction of sp³-hybridized carbons (Fsp3) is 1.00. The van der Waals surface area contributed by atoms with Crippen molar-refractivity contribution in [2.24, 2.45) is 5.92 Å². The Morgan fingerprint density at radius 1 is 0.957 bits per heavy atom. The van der Waals surface area contributed by atoms with E-state index >= 15 is 0 Å². The number of aliphatic hydroxyl groups excluding tert-OH is 1. The van der Waals surface area contributed by atoms with Crippen LogP contribution in [-0.2, 0) is 0 Å². The Hall–Kier alpha value is 0.400. The zero-order valence-electron chi connectivity index (χ0n) is 16.0.